The highest BCUT2D eigenvalue weighted by Gasteiger charge is 2.31. The van der Waals surface area contributed by atoms with Crippen LogP contribution in [0, 0.1) is 0 Å². The predicted octanol–water partition coefficient (Wildman–Crippen LogP) is 1.63. The molecule has 1 aromatic carbocycles. The van der Waals surface area contributed by atoms with Crippen LogP contribution in [0.15, 0.2) is 18.2 Å². The van der Waals surface area contributed by atoms with Gasteiger partial charge in [0.2, 0.25) is 11.8 Å². The molecule has 2 amide bonds. The molecule has 1 aromatic rings. The average molecular weight is 311 g/mol. The van der Waals surface area contributed by atoms with Crippen molar-refractivity contribution in [3.05, 3.63) is 28.8 Å². The van der Waals surface area contributed by atoms with E-state index >= 15 is 0 Å². The maximum absolute atomic E-state index is 12.5. The number of carbonyl (C=O) groups is 2. The Morgan fingerprint density at radius 3 is 2.95 bits per heavy atom. The van der Waals surface area contributed by atoms with E-state index in [1.165, 1.54) is 0 Å². The third kappa shape index (κ3) is 3.47. The van der Waals surface area contributed by atoms with Crippen molar-refractivity contribution in [2.45, 2.75) is 25.8 Å². The summed E-state index contributed by atoms with van der Waals surface area (Å²) in [6.07, 6.45) is 0.776. The fourth-order valence-electron chi connectivity index (χ4n) is 2.57. The van der Waals surface area contributed by atoms with Gasteiger partial charge in [-0.25, -0.2) is 0 Å². The van der Waals surface area contributed by atoms with Crippen molar-refractivity contribution < 1.29 is 14.3 Å². The minimum atomic E-state index is -0.392. The number of benzene rings is 1. The molecule has 0 bridgehead atoms. The van der Waals surface area contributed by atoms with Crippen LogP contribution < -0.4 is 10.1 Å². The second-order valence-corrected chi connectivity index (χ2v) is 5.37. The van der Waals surface area contributed by atoms with E-state index in [1.54, 1.807) is 30.2 Å². The summed E-state index contributed by atoms with van der Waals surface area (Å²) < 4.78 is 5.25. The number of methoxy groups -OCH3 is 1. The Hall–Kier alpha value is -1.75. The summed E-state index contributed by atoms with van der Waals surface area (Å²) in [5, 5.41) is 3.34. The molecule has 1 saturated heterocycles. The first kappa shape index (κ1) is 15.6. The highest BCUT2D eigenvalue weighted by molar-refractivity contribution is 6.30. The van der Waals surface area contributed by atoms with Gasteiger partial charge in [-0.3, -0.25) is 9.59 Å². The Labute approximate surface area is 129 Å². The Bertz CT molecular complexity index is 548. The van der Waals surface area contributed by atoms with Gasteiger partial charge in [0.25, 0.3) is 0 Å². The molecular formula is C15H19ClN2O3. The van der Waals surface area contributed by atoms with Crippen LogP contribution in [0.5, 0.6) is 5.75 Å². The predicted molar refractivity (Wildman–Crippen MR) is 80.5 cm³/mol. The molecule has 1 aliphatic rings. The van der Waals surface area contributed by atoms with Crippen LogP contribution in [0.2, 0.25) is 5.02 Å². The molecule has 0 saturated carbocycles. The second-order valence-electron chi connectivity index (χ2n) is 4.94. The number of hydrogen-bond donors (Lipinski definition) is 1. The third-order valence-corrected chi connectivity index (χ3v) is 3.86. The fourth-order valence-corrected chi connectivity index (χ4v) is 2.76. The van der Waals surface area contributed by atoms with Gasteiger partial charge in [-0.15, -0.1) is 0 Å². The van der Waals surface area contributed by atoms with E-state index in [-0.39, 0.29) is 18.2 Å². The molecule has 1 N–H and O–H groups in total. The maximum atomic E-state index is 12.5. The zero-order valence-electron chi connectivity index (χ0n) is 12.2. The molecule has 114 valence electrons. The lowest BCUT2D eigenvalue weighted by atomic mass is 10.1. The van der Waals surface area contributed by atoms with Gasteiger partial charge < -0.3 is 15.0 Å². The lowest BCUT2D eigenvalue weighted by Gasteiger charge is -2.34. The zero-order chi connectivity index (χ0) is 15.4. The minimum Gasteiger partial charge on any atom is -0.496 e. The monoisotopic (exact) mass is 310 g/mol. The summed E-state index contributed by atoms with van der Waals surface area (Å²) in [6, 6.07) is 4.79. The van der Waals surface area contributed by atoms with Gasteiger partial charge in [0, 0.05) is 23.7 Å². The van der Waals surface area contributed by atoms with Crippen LogP contribution in [0.4, 0.5) is 0 Å². The summed E-state index contributed by atoms with van der Waals surface area (Å²) in [7, 11) is 1.56. The van der Waals surface area contributed by atoms with Crippen molar-refractivity contribution in [2.75, 3.05) is 20.2 Å². The molecule has 2 rings (SSSR count). The Balaban J connectivity index is 2.17. The van der Waals surface area contributed by atoms with E-state index in [4.69, 9.17) is 16.3 Å². The van der Waals surface area contributed by atoms with Gasteiger partial charge in [0.1, 0.15) is 11.8 Å². The SMILES string of the molecule is CCC1C(=O)NCCN1C(=O)Cc1cc(Cl)ccc1OC. The number of piperazine rings is 1. The molecule has 0 aromatic heterocycles. The van der Waals surface area contributed by atoms with Crippen LogP contribution in [0.25, 0.3) is 0 Å². The highest BCUT2D eigenvalue weighted by Crippen LogP contribution is 2.24. The lowest BCUT2D eigenvalue weighted by molar-refractivity contribution is -0.142. The molecule has 1 fully saturated rings. The first-order valence-electron chi connectivity index (χ1n) is 6.96. The van der Waals surface area contributed by atoms with Gasteiger partial charge in [-0.1, -0.05) is 18.5 Å². The molecular weight excluding hydrogens is 292 g/mol. The van der Waals surface area contributed by atoms with E-state index < -0.39 is 6.04 Å². The normalized spacial score (nSPS) is 18.3. The molecule has 0 radical (unpaired) electrons. The van der Waals surface area contributed by atoms with Crippen molar-refractivity contribution in [1.82, 2.24) is 10.2 Å². The summed E-state index contributed by atoms with van der Waals surface area (Å²) in [5.74, 6) is 0.453. The summed E-state index contributed by atoms with van der Waals surface area (Å²) in [5.41, 5.74) is 0.732. The average Bonchev–Trinajstić information content (AvgIpc) is 2.47. The Kier molecular flexibility index (Phi) is 5.07. The van der Waals surface area contributed by atoms with E-state index in [1.807, 2.05) is 6.92 Å². The van der Waals surface area contributed by atoms with Gasteiger partial charge >= 0.3 is 0 Å². The van der Waals surface area contributed by atoms with Crippen LogP contribution in [-0.4, -0.2) is 43.0 Å². The van der Waals surface area contributed by atoms with Crippen LogP contribution in [0.1, 0.15) is 18.9 Å². The van der Waals surface area contributed by atoms with Crippen LogP contribution in [-0.2, 0) is 16.0 Å². The van der Waals surface area contributed by atoms with Crippen molar-refractivity contribution in [2.24, 2.45) is 0 Å². The summed E-state index contributed by atoms with van der Waals surface area (Å²) in [4.78, 5) is 26.0. The van der Waals surface area contributed by atoms with Crippen molar-refractivity contribution >= 4 is 23.4 Å². The second kappa shape index (κ2) is 6.80. The number of rotatable bonds is 4. The van der Waals surface area contributed by atoms with Gasteiger partial charge in [-0.2, -0.15) is 0 Å². The first-order valence-corrected chi connectivity index (χ1v) is 7.34. The minimum absolute atomic E-state index is 0.0859. The quantitative estimate of drug-likeness (QED) is 0.919. The van der Waals surface area contributed by atoms with Crippen molar-refractivity contribution in [3.8, 4) is 5.75 Å². The molecule has 1 unspecified atom stereocenters. The van der Waals surface area contributed by atoms with Gasteiger partial charge in [0.15, 0.2) is 0 Å². The van der Waals surface area contributed by atoms with Gasteiger partial charge in [-0.05, 0) is 24.6 Å². The molecule has 1 heterocycles. The summed E-state index contributed by atoms with van der Waals surface area (Å²) >= 11 is 5.98. The standard InChI is InChI=1S/C15H19ClN2O3/c1-3-12-15(20)17-6-7-18(12)14(19)9-10-8-11(16)4-5-13(10)21-2/h4-5,8,12H,3,6-7,9H2,1-2H3,(H,17,20). The van der Waals surface area contributed by atoms with E-state index in [9.17, 15) is 9.59 Å². The first-order chi connectivity index (χ1) is 10.1. The Morgan fingerprint density at radius 2 is 2.29 bits per heavy atom. The smallest absolute Gasteiger partial charge is 0.242 e. The molecule has 6 heteroatoms. The molecule has 1 aliphatic heterocycles. The Morgan fingerprint density at radius 1 is 1.52 bits per heavy atom. The molecule has 0 aliphatic carbocycles. The van der Waals surface area contributed by atoms with E-state index in [2.05, 4.69) is 5.32 Å². The highest BCUT2D eigenvalue weighted by atomic mass is 35.5. The summed E-state index contributed by atoms with van der Waals surface area (Å²) in [6.45, 7) is 2.93. The molecule has 21 heavy (non-hydrogen) atoms. The topological polar surface area (TPSA) is 58.6 Å². The van der Waals surface area contributed by atoms with Crippen molar-refractivity contribution in [3.63, 3.8) is 0 Å². The number of carbonyl (C=O) groups excluding carboxylic acids is 2. The van der Waals surface area contributed by atoms with Crippen molar-refractivity contribution in [1.29, 1.82) is 0 Å². The van der Waals surface area contributed by atoms with Crippen LogP contribution >= 0.6 is 11.6 Å². The number of ether oxygens (including phenoxy) is 1. The molecule has 0 spiro atoms. The van der Waals surface area contributed by atoms with Crippen LogP contribution in [0.3, 0.4) is 0 Å². The molecule has 5 nitrogen and oxygen atoms in total. The maximum Gasteiger partial charge on any atom is 0.242 e. The molecule has 1 atom stereocenters. The number of hydrogen-bond acceptors (Lipinski definition) is 3. The number of nitrogens with one attached hydrogen (secondary N) is 1. The number of halogens is 1. The number of amides is 2. The van der Waals surface area contributed by atoms with Gasteiger partial charge in [0.05, 0.1) is 13.5 Å². The third-order valence-electron chi connectivity index (χ3n) is 3.62. The van der Waals surface area contributed by atoms with E-state index in [0.29, 0.717) is 30.3 Å². The fraction of sp³-hybridized carbons (Fsp3) is 0.467. The lowest BCUT2D eigenvalue weighted by Crippen LogP contribution is -2.57. The zero-order valence-corrected chi connectivity index (χ0v) is 12.9. The number of nitrogens with zero attached hydrogens (tertiary/aromatic N) is 1. The largest absolute Gasteiger partial charge is 0.496 e. The van der Waals surface area contributed by atoms with E-state index in [0.717, 1.165) is 5.56 Å².